The molecule has 0 spiro atoms. The molecule has 2 rings (SSSR count). The number of nitro benzene ring substituents is 1. The van der Waals surface area contributed by atoms with Crippen molar-refractivity contribution in [3.8, 4) is 5.75 Å². The van der Waals surface area contributed by atoms with Crippen LogP contribution in [0.25, 0.3) is 0 Å². The number of nitrogens with zero attached hydrogens (tertiary/aromatic N) is 3. The third-order valence-corrected chi connectivity index (χ3v) is 4.34. The molecule has 2 aromatic rings. The van der Waals surface area contributed by atoms with Crippen molar-refractivity contribution in [2.75, 3.05) is 34.3 Å². The van der Waals surface area contributed by atoms with Gasteiger partial charge in [-0.2, -0.15) is 0 Å². The molecular weight excluding hydrogens is 386 g/mol. The fourth-order valence-corrected chi connectivity index (χ4v) is 2.50. The second kappa shape index (κ2) is 11.4. The van der Waals surface area contributed by atoms with E-state index in [1.165, 1.54) is 17.0 Å². The van der Waals surface area contributed by atoms with E-state index in [9.17, 15) is 14.9 Å². The Balaban J connectivity index is 1.98. The lowest BCUT2D eigenvalue weighted by molar-refractivity contribution is -0.384. The summed E-state index contributed by atoms with van der Waals surface area (Å²) >= 11 is 0. The van der Waals surface area contributed by atoms with Gasteiger partial charge in [0.15, 0.2) is 5.96 Å². The van der Waals surface area contributed by atoms with Crippen LogP contribution in [0.3, 0.4) is 0 Å². The lowest BCUT2D eigenvalue weighted by Crippen LogP contribution is -2.43. The smallest absolute Gasteiger partial charge is 0.269 e. The second-order valence-electron chi connectivity index (χ2n) is 6.75. The number of hydrogen-bond donors (Lipinski definition) is 2. The Morgan fingerprint density at radius 3 is 2.27 bits per heavy atom. The molecule has 0 aromatic heterocycles. The lowest BCUT2D eigenvalue weighted by Gasteiger charge is -2.15. The van der Waals surface area contributed by atoms with E-state index in [1.807, 2.05) is 24.3 Å². The number of guanidine groups is 1. The first kappa shape index (κ1) is 22.7. The summed E-state index contributed by atoms with van der Waals surface area (Å²) in [4.78, 5) is 28.2. The van der Waals surface area contributed by atoms with Crippen molar-refractivity contribution in [3.63, 3.8) is 0 Å². The molecule has 0 saturated heterocycles. The van der Waals surface area contributed by atoms with Crippen molar-refractivity contribution >= 4 is 17.6 Å². The predicted molar refractivity (Wildman–Crippen MR) is 116 cm³/mol. The van der Waals surface area contributed by atoms with Gasteiger partial charge in [0.2, 0.25) is 5.91 Å². The maximum absolute atomic E-state index is 11.9. The molecule has 0 fully saturated rings. The Morgan fingerprint density at radius 1 is 1.07 bits per heavy atom. The van der Waals surface area contributed by atoms with Crippen LogP contribution in [0.1, 0.15) is 11.1 Å². The summed E-state index contributed by atoms with van der Waals surface area (Å²) in [6.45, 7) is 1.06. The molecule has 0 atom stereocenters. The van der Waals surface area contributed by atoms with Gasteiger partial charge in [-0.05, 0) is 29.7 Å². The first-order valence-electron chi connectivity index (χ1n) is 9.47. The van der Waals surface area contributed by atoms with Crippen LogP contribution in [0.4, 0.5) is 5.69 Å². The largest absolute Gasteiger partial charge is 0.497 e. The number of carbonyl (C=O) groups is 1. The van der Waals surface area contributed by atoms with Crippen LogP contribution >= 0.6 is 0 Å². The van der Waals surface area contributed by atoms with Gasteiger partial charge in [-0.1, -0.05) is 24.3 Å². The average Bonchev–Trinajstić information content (AvgIpc) is 2.75. The van der Waals surface area contributed by atoms with E-state index >= 15 is 0 Å². The highest BCUT2D eigenvalue weighted by Crippen LogP contribution is 2.13. The molecule has 0 aliphatic rings. The van der Waals surface area contributed by atoms with Gasteiger partial charge in [-0.25, -0.2) is 4.99 Å². The van der Waals surface area contributed by atoms with E-state index in [0.717, 1.165) is 23.3 Å². The van der Waals surface area contributed by atoms with Gasteiger partial charge in [0.25, 0.3) is 5.69 Å². The van der Waals surface area contributed by atoms with Crippen molar-refractivity contribution in [1.29, 1.82) is 0 Å². The molecule has 0 heterocycles. The van der Waals surface area contributed by atoms with Crippen LogP contribution in [0.2, 0.25) is 0 Å². The summed E-state index contributed by atoms with van der Waals surface area (Å²) in [7, 11) is 5.01. The van der Waals surface area contributed by atoms with E-state index < -0.39 is 4.92 Å². The molecule has 0 aliphatic heterocycles. The van der Waals surface area contributed by atoms with Crippen LogP contribution < -0.4 is 15.4 Å². The number of likely N-dealkylation sites (N-methyl/N-ethyl adjacent to an activating group) is 1. The number of non-ortho nitro benzene ring substituents is 1. The number of aliphatic imine (C=N–C) groups is 1. The summed E-state index contributed by atoms with van der Waals surface area (Å²) in [6, 6.07) is 14.0. The van der Waals surface area contributed by atoms with Crippen LogP contribution in [-0.4, -0.2) is 56.0 Å². The van der Waals surface area contributed by atoms with Gasteiger partial charge in [0.05, 0.1) is 25.1 Å². The van der Waals surface area contributed by atoms with Crippen molar-refractivity contribution in [3.05, 3.63) is 69.8 Å². The van der Waals surface area contributed by atoms with Crippen molar-refractivity contribution < 1.29 is 14.5 Å². The third-order valence-electron chi connectivity index (χ3n) is 4.34. The highest BCUT2D eigenvalue weighted by Gasteiger charge is 2.07. The maximum atomic E-state index is 11.9. The van der Waals surface area contributed by atoms with Gasteiger partial charge in [-0.15, -0.1) is 0 Å². The molecule has 160 valence electrons. The minimum Gasteiger partial charge on any atom is -0.497 e. The minimum atomic E-state index is -0.437. The van der Waals surface area contributed by atoms with Crippen LogP contribution in [0.15, 0.2) is 53.5 Å². The normalized spacial score (nSPS) is 11.0. The molecule has 0 aliphatic carbocycles. The maximum Gasteiger partial charge on any atom is 0.269 e. The molecule has 0 radical (unpaired) electrons. The fraction of sp³-hybridized carbons (Fsp3) is 0.333. The lowest BCUT2D eigenvalue weighted by atomic mass is 10.1. The topological polar surface area (TPSA) is 109 Å². The summed E-state index contributed by atoms with van der Waals surface area (Å²) in [5, 5.41) is 17.0. The summed E-state index contributed by atoms with van der Waals surface area (Å²) in [5.74, 6) is 1.23. The molecule has 0 unspecified atom stereocenters. The first-order valence-corrected chi connectivity index (χ1v) is 9.47. The van der Waals surface area contributed by atoms with E-state index in [4.69, 9.17) is 4.74 Å². The van der Waals surface area contributed by atoms with E-state index in [-0.39, 0.29) is 18.1 Å². The van der Waals surface area contributed by atoms with Gasteiger partial charge < -0.3 is 20.3 Å². The number of rotatable bonds is 9. The van der Waals surface area contributed by atoms with Gasteiger partial charge >= 0.3 is 0 Å². The monoisotopic (exact) mass is 413 g/mol. The predicted octanol–water partition coefficient (Wildman–Crippen LogP) is 1.97. The Morgan fingerprint density at radius 2 is 1.70 bits per heavy atom. The van der Waals surface area contributed by atoms with Crippen LogP contribution in [0.5, 0.6) is 5.75 Å². The number of benzene rings is 2. The van der Waals surface area contributed by atoms with Crippen LogP contribution in [-0.2, 0) is 17.8 Å². The summed E-state index contributed by atoms with van der Waals surface area (Å²) < 4.78 is 5.16. The summed E-state index contributed by atoms with van der Waals surface area (Å²) in [5.41, 5.74) is 2.01. The molecular formula is C21H27N5O4. The Bertz CT molecular complexity index is 864. The van der Waals surface area contributed by atoms with Crippen molar-refractivity contribution in [2.45, 2.75) is 13.0 Å². The summed E-state index contributed by atoms with van der Waals surface area (Å²) in [6.07, 6.45) is 0.768. The van der Waals surface area contributed by atoms with Crippen LogP contribution in [0, 0.1) is 10.1 Å². The van der Waals surface area contributed by atoms with Crippen molar-refractivity contribution in [1.82, 2.24) is 15.5 Å². The Labute approximate surface area is 175 Å². The zero-order chi connectivity index (χ0) is 21.9. The average molecular weight is 413 g/mol. The molecule has 2 aromatic carbocycles. The van der Waals surface area contributed by atoms with Gasteiger partial charge in [0, 0.05) is 32.8 Å². The molecule has 2 N–H and O–H groups in total. The molecule has 0 bridgehead atoms. The quantitative estimate of drug-likeness (QED) is 0.282. The van der Waals surface area contributed by atoms with Gasteiger partial charge in [-0.3, -0.25) is 14.9 Å². The molecule has 9 heteroatoms. The zero-order valence-electron chi connectivity index (χ0n) is 17.4. The Kier molecular flexibility index (Phi) is 8.61. The zero-order valence-corrected chi connectivity index (χ0v) is 17.4. The minimum absolute atomic E-state index is 0.0373. The van der Waals surface area contributed by atoms with Crippen molar-refractivity contribution in [2.24, 2.45) is 4.99 Å². The second-order valence-corrected chi connectivity index (χ2v) is 6.75. The number of nitro groups is 1. The highest BCUT2D eigenvalue weighted by atomic mass is 16.6. The number of hydrogen-bond acceptors (Lipinski definition) is 5. The molecule has 30 heavy (non-hydrogen) atoms. The first-order chi connectivity index (χ1) is 14.4. The van der Waals surface area contributed by atoms with E-state index in [0.29, 0.717) is 19.0 Å². The number of methoxy groups -OCH3 is 1. The number of ether oxygens (including phenoxy) is 1. The number of nitrogens with one attached hydrogen (secondary N) is 2. The van der Waals surface area contributed by atoms with E-state index in [1.54, 1.807) is 33.3 Å². The van der Waals surface area contributed by atoms with Gasteiger partial charge in [0.1, 0.15) is 5.75 Å². The SMILES string of the molecule is COc1ccc(CCNC(=NCc2ccc([N+](=O)[O-])cc2)NCC(=O)N(C)C)cc1. The molecule has 1 amide bonds. The van der Waals surface area contributed by atoms with E-state index in [2.05, 4.69) is 15.6 Å². The third kappa shape index (κ3) is 7.42. The standard InChI is InChI=1S/C21H27N5O4/c1-25(2)20(27)15-24-21(22-13-12-16-6-10-19(30-3)11-7-16)23-14-17-4-8-18(9-5-17)26(28)29/h4-11H,12-15H2,1-3H3,(H2,22,23,24). The fourth-order valence-electron chi connectivity index (χ4n) is 2.50. The molecule has 9 nitrogen and oxygen atoms in total. The number of carbonyl (C=O) groups excluding carboxylic acids is 1. The highest BCUT2D eigenvalue weighted by molar-refractivity contribution is 5.86. The molecule has 0 saturated carbocycles. The Hall–Kier alpha value is -3.62. The number of amides is 1.